The summed E-state index contributed by atoms with van der Waals surface area (Å²) in [5.74, 6) is -0.205. The number of aliphatic hydroxyl groups is 1. The third-order valence-corrected chi connectivity index (χ3v) is 6.80. The van der Waals surface area contributed by atoms with Crippen LogP contribution in [0.1, 0.15) is 11.4 Å². The molecule has 1 N–H and O–H groups in total. The molecular formula is C25H29F2N9O2. The number of nitrogens with zero attached hydrogens (tertiary/aromatic N) is 9. The third kappa shape index (κ3) is 5.78. The number of ether oxygens (including phenoxy) is 1. The zero-order valence-corrected chi connectivity index (χ0v) is 21.0. The van der Waals surface area contributed by atoms with Gasteiger partial charge in [-0.25, -0.2) is 23.1 Å². The largest absolute Gasteiger partial charge is 0.497 e. The Morgan fingerprint density at radius 2 is 1.82 bits per heavy atom. The summed E-state index contributed by atoms with van der Waals surface area (Å²) >= 11 is 0. The first-order chi connectivity index (χ1) is 18.4. The van der Waals surface area contributed by atoms with Crippen LogP contribution in [-0.2, 0) is 25.1 Å². The standard InChI is InChI=1S/C25H29F2N9O2/c1-38-21-5-3-20(4-6-21)34-12-10-33(11-13-34)9-8-24-30-31-32-36(24)16-25(37,15-35-18-28-17-29-35)22-7-2-19(26)14-23(22)27/h2-7,14,17-18,37H,8-13,15-16H2,1H3. The molecular weight excluding hydrogens is 496 g/mol. The van der Waals surface area contributed by atoms with Crippen LogP contribution in [0.4, 0.5) is 14.5 Å². The third-order valence-electron chi connectivity index (χ3n) is 6.80. The smallest absolute Gasteiger partial charge is 0.152 e. The zero-order valence-electron chi connectivity index (χ0n) is 21.0. The fourth-order valence-electron chi connectivity index (χ4n) is 4.72. The van der Waals surface area contributed by atoms with Crippen molar-refractivity contribution in [1.82, 2.24) is 39.9 Å². The van der Waals surface area contributed by atoms with E-state index >= 15 is 0 Å². The molecule has 0 spiro atoms. The first kappa shape index (κ1) is 25.7. The summed E-state index contributed by atoms with van der Waals surface area (Å²) in [5.41, 5.74) is -0.723. The number of aromatic nitrogens is 7. The molecule has 1 saturated heterocycles. The Hall–Kier alpha value is -3.97. The maximum atomic E-state index is 14.8. The second-order valence-corrected chi connectivity index (χ2v) is 9.28. The fourth-order valence-corrected chi connectivity index (χ4v) is 4.72. The lowest BCUT2D eigenvalue weighted by molar-refractivity contribution is -0.00975. The second kappa shape index (κ2) is 11.2. The van der Waals surface area contributed by atoms with Crippen LogP contribution in [0.2, 0.25) is 0 Å². The van der Waals surface area contributed by atoms with Crippen molar-refractivity contribution in [3.05, 3.63) is 78.1 Å². The molecule has 1 aliphatic heterocycles. The van der Waals surface area contributed by atoms with Crippen molar-refractivity contribution >= 4 is 5.69 Å². The molecule has 11 nitrogen and oxygen atoms in total. The van der Waals surface area contributed by atoms with Gasteiger partial charge in [0.15, 0.2) is 5.82 Å². The second-order valence-electron chi connectivity index (χ2n) is 9.28. The van der Waals surface area contributed by atoms with E-state index in [1.807, 2.05) is 12.1 Å². The van der Waals surface area contributed by atoms with Gasteiger partial charge in [0.05, 0.1) is 20.2 Å². The predicted molar refractivity (Wildman–Crippen MR) is 133 cm³/mol. The first-order valence-corrected chi connectivity index (χ1v) is 12.3. The predicted octanol–water partition coefficient (Wildman–Crippen LogP) is 1.50. The van der Waals surface area contributed by atoms with Crippen molar-refractivity contribution in [3.8, 4) is 5.75 Å². The molecule has 2 aromatic carbocycles. The van der Waals surface area contributed by atoms with Gasteiger partial charge in [-0.15, -0.1) is 5.10 Å². The highest BCUT2D eigenvalue weighted by atomic mass is 19.1. The summed E-state index contributed by atoms with van der Waals surface area (Å²) in [6.45, 7) is 3.99. The SMILES string of the molecule is COc1ccc(N2CCN(CCc3nnnn3CC(O)(Cn3cncn3)c3ccc(F)cc3F)CC2)cc1. The van der Waals surface area contributed by atoms with Gasteiger partial charge in [0.25, 0.3) is 0 Å². The lowest BCUT2D eigenvalue weighted by atomic mass is 9.92. The minimum absolute atomic E-state index is 0.0782. The highest BCUT2D eigenvalue weighted by molar-refractivity contribution is 5.49. The van der Waals surface area contributed by atoms with Gasteiger partial charge in [0.2, 0.25) is 0 Å². The number of benzene rings is 2. The van der Waals surface area contributed by atoms with Crippen LogP contribution in [0, 0.1) is 11.6 Å². The van der Waals surface area contributed by atoms with Crippen molar-refractivity contribution in [3.63, 3.8) is 0 Å². The summed E-state index contributed by atoms with van der Waals surface area (Å²) in [6, 6.07) is 11.1. The summed E-state index contributed by atoms with van der Waals surface area (Å²) in [7, 11) is 1.66. The Morgan fingerprint density at radius 3 is 2.50 bits per heavy atom. The van der Waals surface area contributed by atoms with Gasteiger partial charge >= 0.3 is 0 Å². The Kier molecular flexibility index (Phi) is 7.56. The minimum Gasteiger partial charge on any atom is -0.497 e. The van der Waals surface area contributed by atoms with E-state index < -0.39 is 17.2 Å². The van der Waals surface area contributed by atoms with Crippen LogP contribution in [0.15, 0.2) is 55.1 Å². The van der Waals surface area contributed by atoms with Gasteiger partial charge in [-0.3, -0.25) is 4.90 Å². The molecule has 1 fully saturated rings. The number of hydrogen-bond acceptors (Lipinski definition) is 9. The van der Waals surface area contributed by atoms with E-state index in [-0.39, 0.29) is 18.7 Å². The number of methoxy groups -OCH3 is 1. The van der Waals surface area contributed by atoms with Gasteiger partial charge in [0, 0.05) is 56.5 Å². The molecule has 0 radical (unpaired) electrons. The lowest BCUT2D eigenvalue weighted by Gasteiger charge is -2.36. The van der Waals surface area contributed by atoms with Gasteiger partial charge in [0.1, 0.15) is 35.6 Å². The molecule has 0 bridgehead atoms. The zero-order chi connectivity index (χ0) is 26.5. The molecule has 1 unspecified atom stereocenters. The topological polar surface area (TPSA) is 110 Å². The molecule has 1 aliphatic rings. The lowest BCUT2D eigenvalue weighted by Crippen LogP contribution is -2.47. The van der Waals surface area contributed by atoms with Crippen LogP contribution in [0.3, 0.4) is 0 Å². The van der Waals surface area contributed by atoms with E-state index in [2.05, 4.69) is 47.5 Å². The molecule has 0 saturated carbocycles. The Labute approximate surface area is 218 Å². The van der Waals surface area contributed by atoms with E-state index in [9.17, 15) is 13.9 Å². The Balaban J connectivity index is 1.24. The molecule has 13 heteroatoms. The summed E-state index contributed by atoms with van der Waals surface area (Å²) in [6.07, 6.45) is 3.28. The number of rotatable bonds is 10. The maximum Gasteiger partial charge on any atom is 0.152 e. The van der Waals surface area contributed by atoms with Crippen LogP contribution in [0.5, 0.6) is 5.75 Å². The monoisotopic (exact) mass is 525 g/mol. The number of tetrazole rings is 1. The van der Waals surface area contributed by atoms with Crippen molar-refractivity contribution in [2.75, 3.05) is 44.7 Å². The molecule has 3 heterocycles. The fraction of sp³-hybridized carbons (Fsp3) is 0.400. The van der Waals surface area contributed by atoms with Crippen molar-refractivity contribution in [2.45, 2.75) is 25.1 Å². The highest BCUT2D eigenvalue weighted by Crippen LogP contribution is 2.29. The minimum atomic E-state index is -1.81. The summed E-state index contributed by atoms with van der Waals surface area (Å²) in [5, 5.41) is 27.6. The highest BCUT2D eigenvalue weighted by Gasteiger charge is 2.35. The Bertz CT molecular complexity index is 1330. The van der Waals surface area contributed by atoms with Crippen molar-refractivity contribution < 1.29 is 18.6 Å². The van der Waals surface area contributed by atoms with E-state index in [0.29, 0.717) is 12.2 Å². The molecule has 1 atom stereocenters. The van der Waals surface area contributed by atoms with Gasteiger partial charge in [-0.2, -0.15) is 5.10 Å². The average Bonchev–Trinajstić information content (AvgIpc) is 3.59. The number of piperazine rings is 1. The maximum absolute atomic E-state index is 14.8. The van der Waals surface area contributed by atoms with Gasteiger partial charge in [-0.05, 0) is 40.8 Å². The molecule has 4 aromatic rings. The van der Waals surface area contributed by atoms with E-state index in [1.54, 1.807) is 7.11 Å². The van der Waals surface area contributed by atoms with E-state index in [0.717, 1.165) is 56.3 Å². The Morgan fingerprint density at radius 1 is 1.03 bits per heavy atom. The number of anilines is 1. The molecule has 0 amide bonds. The first-order valence-electron chi connectivity index (χ1n) is 12.3. The average molecular weight is 526 g/mol. The number of hydrogen-bond donors (Lipinski definition) is 1. The van der Waals surface area contributed by atoms with Crippen LogP contribution >= 0.6 is 0 Å². The normalized spacial score (nSPS) is 15.9. The van der Waals surface area contributed by atoms with Gasteiger partial charge in [-0.1, -0.05) is 6.07 Å². The molecule has 2 aromatic heterocycles. The molecule has 5 rings (SSSR count). The quantitative estimate of drug-likeness (QED) is 0.329. The summed E-state index contributed by atoms with van der Waals surface area (Å²) in [4.78, 5) is 8.56. The van der Waals surface area contributed by atoms with Crippen molar-refractivity contribution in [1.29, 1.82) is 0 Å². The van der Waals surface area contributed by atoms with E-state index in [4.69, 9.17) is 4.74 Å². The summed E-state index contributed by atoms with van der Waals surface area (Å²) < 4.78 is 36.4. The number of halogens is 2. The van der Waals surface area contributed by atoms with Crippen molar-refractivity contribution in [2.24, 2.45) is 0 Å². The molecule has 0 aliphatic carbocycles. The van der Waals surface area contributed by atoms with Crippen LogP contribution in [-0.4, -0.2) is 84.8 Å². The molecule has 38 heavy (non-hydrogen) atoms. The molecule has 200 valence electrons. The van der Waals surface area contributed by atoms with Crippen LogP contribution in [0.25, 0.3) is 0 Å². The van der Waals surface area contributed by atoms with Crippen LogP contribution < -0.4 is 9.64 Å². The van der Waals surface area contributed by atoms with Gasteiger partial charge < -0.3 is 14.7 Å². The van der Waals surface area contributed by atoms with E-state index in [1.165, 1.54) is 28.1 Å².